The predicted octanol–water partition coefficient (Wildman–Crippen LogP) is 6.69. The van der Waals surface area contributed by atoms with Crippen LogP contribution in [0, 0.1) is 12.8 Å². The Balaban J connectivity index is 1.26. The highest BCUT2D eigenvalue weighted by Crippen LogP contribution is 2.36. The van der Waals surface area contributed by atoms with Gasteiger partial charge < -0.3 is 4.90 Å². The van der Waals surface area contributed by atoms with Gasteiger partial charge in [-0.2, -0.15) is 0 Å². The summed E-state index contributed by atoms with van der Waals surface area (Å²) < 4.78 is 0. The maximum absolute atomic E-state index is 2.69. The van der Waals surface area contributed by atoms with Crippen molar-refractivity contribution in [2.45, 2.75) is 62.5 Å². The van der Waals surface area contributed by atoms with Crippen LogP contribution in [0.25, 0.3) is 0 Å². The van der Waals surface area contributed by atoms with Crippen molar-refractivity contribution in [3.05, 3.63) is 76.9 Å². The number of thioether (sulfide) groups is 1. The van der Waals surface area contributed by atoms with Gasteiger partial charge in [-0.1, -0.05) is 66.6 Å². The molecule has 0 spiro atoms. The number of nitrogens with zero attached hydrogens (tertiary/aromatic N) is 1. The van der Waals surface area contributed by atoms with E-state index in [4.69, 9.17) is 0 Å². The Morgan fingerprint density at radius 3 is 2.66 bits per heavy atom. The Morgan fingerprint density at radius 2 is 1.86 bits per heavy atom. The molecule has 154 valence electrons. The van der Waals surface area contributed by atoms with Gasteiger partial charge in [0.25, 0.3) is 0 Å². The van der Waals surface area contributed by atoms with E-state index in [1.165, 1.54) is 73.3 Å². The van der Waals surface area contributed by atoms with Gasteiger partial charge in [-0.3, -0.25) is 0 Å². The zero-order valence-corrected chi connectivity index (χ0v) is 18.9. The molecule has 0 aromatic heterocycles. The summed E-state index contributed by atoms with van der Waals surface area (Å²) in [6, 6.07) is 18.0. The van der Waals surface area contributed by atoms with Crippen LogP contribution in [-0.2, 0) is 12.8 Å². The summed E-state index contributed by atoms with van der Waals surface area (Å²) in [5.74, 6) is 0.867. The molecule has 2 aromatic carbocycles. The minimum Gasteiger partial charge on any atom is -0.303 e. The first-order valence-electron chi connectivity index (χ1n) is 11.4. The number of hydrogen-bond acceptors (Lipinski definition) is 2. The van der Waals surface area contributed by atoms with Crippen LogP contribution >= 0.6 is 11.8 Å². The lowest BCUT2D eigenvalue weighted by Gasteiger charge is -2.31. The van der Waals surface area contributed by atoms with Crippen molar-refractivity contribution in [1.29, 1.82) is 0 Å². The first-order chi connectivity index (χ1) is 14.2. The smallest absolute Gasteiger partial charge is 0.0110 e. The Labute approximate surface area is 181 Å². The van der Waals surface area contributed by atoms with E-state index in [9.17, 15) is 0 Å². The number of aryl methyl sites for hydroxylation is 1. The van der Waals surface area contributed by atoms with Gasteiger partial charge in [0, 0.05) is 16.7 Å². The number of piperidine rings is 1. The largest absolute Gasteiger partial charge is 0.303 e. The molecule has 29 heavy (non-hydrogen) atoms. The summed E-state index contributed by atoms with van der Waals surface area (Å²) in [6.07, 6.45) is 10.1. The second-order valence-electron chi connectivity index (χ2n) is 9.05. The molecule has 2 heteroatoms. The zero-order chi connectivity index (χ0) is 20.1. The van der Waals surface area contributed by atoms with Crippen molar-refractivity contribution < 1.29 is 0 Å². The van der Waals surface area contributed by atoms with Gasteiger partial charge in [0.15, 0.2) is 0 Å². The van der Waals surface area contributed by atoms with Gasteiger partial charge >= 0.3 is 0 Å². The second kappa shape index (κ2) is 10.00. The molecule has 0 N–H and O–H groups in total. The van der Waals surface area contributed by atoms with E-state index in [1.54, 1.807) is 5.57 Å². The van der Waals surface area contributed by atoms with Crippen LogP contribution in [0.15, 0.2) is 65.1 Å². The molecule has 1 atom stereocenters. The maximum Gasteiger partial charge on any atom is 0.0110 e. The summed E-state index contributed by atoms with van der Waals surface area (Å²) in [5.41, 5.74) is 6.07. The Morgan fingerprint density at radius 1 is 1.07 bits per heavy atom. The van der Waals surface area contributed by atoms with Crippen LogP contribution in [0.1, 0.15) is 49.3 Å². The van der Waals surface area contributed by atoms with Gasteiger partial charge in [-0.15, -0.1) is 11.8 Å². The van der Waals surface area contributed by atoms with Crippen LogP contribution in [0.3, 0.4) is 0 Å². The highest BCUT2D eigenvalue weighted by atomic mass is 32.2. The second-order valence-corrected chi connectivity index (χ2v) is 10.5. The van der Waals surface area contributed by atoms with E-state index >= 15 is 0 Å². The highest BCUT2D eigenvalue weighted by molar-refractivity contribution is 8.00. The molecule has 0 bridgehead atoms. The monoisotopic (exact) mass is 405 g/mol. The van der Waals surface area contributed by atoms with Crippen molar-refractivity contribution in [2.24, 2.45) is 5.92 Å². The number of rotatable bonds is 5. The third kappa shape index (κ3) is 5.99. The Hall–Kier alpha value is -1.51. The fourth-order valence-corrected chi connectivity index (χ4v) is 6.03. The Bertz CT molecular complexity index is 818. The van der Waals surface area contributed by atoms with E-state index in [-0.39, 0.29) is 0 Å². The van der Waals surface area contributed by atoms with Gasteiger partial charge in [0.2, 0.25) is 0 Å². The number of likely N-dealkylation sites (tertiary alicyclic amines) is 1. The third-order valence-electron chi connectivity index (χ3n) is 6.46. The number of allylic oxidation sites excluding steroid dienone is 1. The fourth-order valence-electron chi connectivity index (χ4n) is 4.87. The number of fused-ring (bicyclic) bond motifs is 1. The van der Waals surface area contributed by atoms with E-state index in [0.29, 0.717) is 5.25 Å². The quantitative estimate of drug-likeness (QED) is 0.510. The Kier molecular flexibility index (Phi) is 7.15. The zero-order valence-electron chi connectivity index (χ0n) is 18.1. The SMILES string of the molecule is Cc1ccc2c(c1)C/C(=C\CCN1CCC(Cc3ccccc3)CC1)C[C@@H](C)S2. The van der Waals surface area contributed by atoms with Crippen molar-refractivity contribution in [1.82, 2.24) is 4.90 Å². The molecule has 1 fully saturated rings. The molecule has 0 radical (unpaired) electrons. The first kappa shape index (κ1) is 20.8. The molecule has 4 rings (SSSR count). The summed E-state index contributed by atoms with van der Waals surface area (Å²) >= 11 is 2.06. The lowest BCUT2D eigenvalue weighted by Crippen LogP contribution is -2.34. The van der Waals surface area contributed by atoms with Crippen molar-refractivity contribution >= 4 is 11.8 Å². The molecule has 2 aromatic rings. The third-order valence-corrected chi connectivity index (χ3v) is 7.69. The van der Waals surface area contributed by atoms with E-state index in [0.717, 1.165) is 12.3 Å². The number of hydrogen-bond donors (Lipinski definition) is 0. The highest BCUT2D eigenvalue weighted by Gasteiger charge is 2.20. The van der Waals surface area contributed by atoms with Gasteiger partial charge in [-0.25, -0.2) is 0 Å². The first-order valence-corrected chi connectivity index (χ1v) is 12.2. The molecule has 0 saturated carbocycles. The minimum absolute atomic E-state index is 0.680. The molecule has 1 saturated heterocycles. The average Bonchev–Trinajstić information content (AvgIpc) is 2.87. The van der Waals surface area contributed by atoms with Crippen LogP contribution in [0.5, 0.6) is 0 Å². The maximum atomic E-state index is 2.69. The molecule has 1 nitrogen and oxygen atoms in total. The molecular weight excluding hydrogens is 370 g/mol. The molecule has 2 aliphatic heterocycles. The van der Waals surface area contributed by atoms with Crippen LogP contribution < -0.4 is 0 Å². The molecule has 0 unspecified atom stereocenters. The summed E-state index contributed by atoms with van der Waals surface area (Å²) in [5, 5.41) is 0.680. The van der Waals surface area contributed by atoms with Crippen molar-refractivity contribution in [3.8, 4) is 0 Å². The number of benzene rings is 2. The standard InChI is InChI=1S/C27H35NS/c1-21-10-11-27-26(17-21)20-25(18-22(2)29-27)9-6-14-28-15-12-24(13-16-28)19-23-7-4-3-5-8-23/h3-5,7-11,17,22,24H,6,12-16,18-20H2,1-2H3/b25-9-/t22-/m1/s1. The molecular formula is C27H35NS. The molecule has 2 heterocycles. The normalized spacial score (nSPS) is 22.4. The molecule has 0 amide bonds. The predicted molar refractivity (Wildman–Crippen MR) is 127 cm³/mol. The fraction of sp³-hybridized carbons (Fsp3) is 0.481. The van der Waals surface area contributed by atoms with E-state index in [1.807, 2.05) is 0 Å². The average molecular weight is 406 g/mol. The molecule has 0 aliphatic carbocycles. The van der Waals surface area contributed by atoms with Crippen LogP contribution in [-0.4, -0.2) is 29.8 Å². The van der Waals surface area contributed by atoms with E-state index < -0.39 is 0 Å². The minimum atomic E-state index is 0.680. The summed E-state index contributed by atoms with van der Waals surface area (Å²) in [4.78, 5) is 4.18. The van der Waals surface area contributed by atoms with Crippen LogP contribution in [0.2, 0.25) is 0 Å². The van der Waals surface area contributed by atoms with Gasteiger partial charge in [0.05, 0.1) is 0 Å². The topological polar surface area (TPSA) is 3.24 Å². The summed E-state index contributed by atoms with van der Waals surface area (Å²) in [7, 11) is 0. The van der Waals surface area contributed by atoms with Gasteiger partial charge in [0.1, 0.15) is 0 Å². The van der Waals surface area contributed by atoms with Crippen LogP contribution in [0.4, 0.5) is 0 Å². The molecule has 2 aliphatic rings. The van der Waals surface area contributed by atoms with Crippen molar-refractivity contribution in [3.63, 3.8) is 0 Å². The summed E-state index contributed by atoms with van der Waals surface area (Å²) in [6.45, 7) is 8.36. The lowest BCUT2D eigenvalue weighted by atomic mass is 9.90. The van der Waals surface area contributed by atoms with E-state index in [2.05, 4.69) is 85.1 Å². The lowest BCUT2D eigenvalue weighted by molar-refractivity contribution is 0.187. The van der Waals surface area contributed by atoms with Crippen molar-refractivity contribution in [2.75, 3.05) is 19.6 Å². The van der Waals surface area contributed by atoms with Gasteiger partial charge in [-0.05, 0) is 81.6 Å².